The molecule has 16 heteroatoms. The van der Waals surface area contributed by atoms with Crippen molar-refractivity contribution >= 4 is 70.4 Å². The Hall–Kier alpha value is -6.03. The minimum atomic E-state index is -0.545. The summed E-state index contributed by atoms with van der Waals surface area (Å²) in [6.07, 6.45) is 8.79. The van der Waals surface area contributed by atoms with Crippen molar-refractivity contribution in [1.29, 1.82) is 0 Å². The molecule has 59 heavy (non-hydrogen) atoms. The molecule has 2 heterocycles. The smallest absolute Gasteiger partial charge is 0.345 e. The Balaban J connectivity index is 1.46. The summed E-state index contributed by atoms with van der Waals surface area (Å²) in [6.45, 7) is 5.91. The molecule has 0 aliphatic heterocycles. The van der Waals surface area contributed by atoms with Crippen LogP contribution in [0.15, 0.2) is 76.7 Å². The molecular weight excluding hydrogens is 773 g/mol. The van der Waals surface area contributed by atoms with Crippen molar-refractivity contribution in [3.8, 4) is 0 Å². The molecule has 0 saturated heterocycles. The summed E-state index contributed by atoms with van der Waals surface area (Å²) in [5, 5.41) is 16.5. The van der Waals surface area contributed by atoms with E-state index in [-0.39, 0.29) is 56.2 Å². The van der Waals surface area contributed by atoms with Crippen LogP contribution in [-0.4, -0.2) is 101 Å². The first-order valence-electron chi connectivity index (χ1n) is 19.9. The zero-order valence-electron chi connectivity index (χ0n) is 34.1. The van der Waals surface area contributed by atoms with Gasteiger partial charge in [0.15, 0.2) is 0 Å². The highest BCUT2D eigenvalue weighted by Crippen LogP contribution is 2.34. The molecule has 0 spiro atoms. The van der Waals surface area contributed by atoms with Crippen LogP contribution in [0.3, 0.4) is 0 Å². The number of carbonyl (C=O) groups excluding carboxylic acids is 6. The topological polar surface area (TPSA) is 194 Å². The van der Waals surface area contributed by atoms with E-state index >= 15 is 0 Å². The second-order valence-electron chi connectivity index (χ2n) is 13.6. The number of likely N-dealkylation sites (N-methyl/N-ethyl adjacent to an activating group) is 1. The van der Waals surface area contributed by atoms with Gasteiger partial charge in [0.25, 0.3) is 5.91 Å². The van der Waals surface area contributed by atoms with Gasteiger partial charge in [-0.05, 0) is 80.8 Å². The van der Waals surface area contributed by atoms with E-state index in [1.807, 2.05) is 62.4 Å². The van der Waals surface area contributed by atoms with Gasteiger partial charge in [-0.15, -0.1) is 0 Å². The zero-order chi connectivity index (χ0) is 42.6. The van der Waals surface area contributed by atoms with Gasteiger partial charge in [0.1, 0.15) is 12.6 Å². The van der Waals surface area contributed by atoms with Crippen LogP contribution < -0.4 is 21.3 Å². The Bertz CT molecular complexity index is 2090. The summed E-state index contributed by atoms with van der Waals surface area (Å²) in [6, 6.07) is 17.3. The maximum Gasteiger partial charge on any atom is 0.345 e. The molecule has 0 fully saturated rings. The molecule has 1 atom stereocenters. The van der Waals surface area contributed by atoms with Gasteiger partial charge < -0.3 is 30.9 Å². The standard InChI is InChI=1S/C43H54N8O7S/c1-5-14-36(42(56)45-6-2)48-40(54)18-8-7-12-25-47-39(53)23-26-50(27-28-58-30(3)52)43(57)51-37-29-32(59-38-17-10-9-16-34(38)41(55)44-4)20-21-33(37)35(49-51)22-19-31-15-11-13-24-46-31/h9-11,13,15-17,19-22,24,29,36H,5-8,12,14,18,23,25-28H2,1-4H3,(H,44,55)(H,45,56)(H,47,53)(H,48,54)/b22-19+/t36-/m0/s1. The Morgan fingerprint density at radius 1 is 0.898 bits per heavy atom. The maximum atomic E-state index is 14.4. The van der Waals surface area contributed by atoms with Gasteiger partial charge in [0.05, 0.1) is 29.0 Å². The first-order valence-corrected chi connectivity index (χ1v) is 20.7. The summed E-state index contributed by atoms with van der Waals surface area (Å²) in [4.78, 5) is 83.5. The fraction of sp³-hybridized carbons (Fsp3) is 0.395. The summed E-state index contributed by atoms with van der Waals surface area (Å²) in [5.41, 5.74) is 2.22. The number of amides is 5. The number of esters is 1. The average molecular weight is 827 g/mol. The van der Waals surface area contributed by atoms with E-state index in [0.29, 0.717) is 66.6 Å². The lowest BCUT2D eigenvalue weighted by Gasteiger charge is -2.22. The first kappa shape index (κ1) is 45.7. The molecule has 5 amide bonds. The molecule has 0 aliphatic carbocycles. The normalized spacial score (nSPS) is 11.5. The fourth-order valence-corrected chi connectivity index (χ4v) is 7.07. The van der Waals surface area contributed by atoms with Crippen molar-refractivity contribution in [2.45, 2.75) is 81.5 Å². The summed E-state index contributed by atoms with van der Waals surface area (Å²) in [5.74, 6) is -1.35. The largest absolute Gasteiger partial charge is 0.464 e. The van der Waals surface area contributed by atoms with Crippen LogP contribution in [0.4, 0.5) is 4.79 Å². The summed E-state index contributed by atoms with van der Waals surface area (Å²) < 4.78 is 6.46. The maximum absolute atomic E-state index is 14.4. The lowest BCUT2D eigenvalue weighted by molar-refractivity contribution is -0.141. The highest BCUT2D eigenvalue weighted by atomic mass is 32.2. The number of nitrogens with one attached hydrogen (secondary N) is 4. The molecule has 0 unspecified atom stereocenters. The van der Waals surface area contributed by atoms with Gasteiger partial charge in [0, 0.05) is 67.8 Å². The number of hydrogen-bond donors (Lipinski definition) is 4. The van der Waals surface area contributed by atoms with Gasteiger partial charge in [-0.2, -0.15) is 9.78 Å². The van der Waals surface area contributed by atoms with E-state index in [1.54, 1.807) is 37.5 Å². The van der Waals surface area contributed by atoms with Gasteiger partial charge in [0.2, 0.25) is 17.7 Å². The van der Waals surface area contributed by atoms with Crippen LogP contribution >= 0.6 is 11.8 Å². The van der Waals surface area contributed by atoms with Crippen LogP contribution in [0.1, 0.15) is 87.5 Å². The van der Waals surface area contributed by atoms with E-state index in [1.165, 1.54) is 28.3 Å². The number of pyridine rings is 1. The van der Waals surface area contributed by atoms with Crippen molar-refractivity contribution in [3.63, 3.8) is 0 Å². The van der Waals surface area contributed by atoms with E-state index < -0.39 is 18.0 Å². The van der Waals surface area contributed by atoms with Crippen molar-refractivity contribution in [2.24, 2.45) is 0 Å². The van der Waals surface area contributed by atoms with Crippen molar-refractivity contribution in [1.82, 2.24) is 40.9 Å². The number of nitrogens with zero attached hydrogens (tertiary/aromatic N) is 4. The predicted octanol–water partition coefficient (Wildman–Crippen LogP) is 5.43. The molecule has 15 nitrogen and oxygen atoms in total. The van der Waals surface area contributed by atoms with Gasteiger partial charge in [-0.25, -0.2) is 4.79 Å². The van der Waals surface area contributed by atoms with Crippen LogP contribution in [0, 0.1) is 0 Å². The van der Waals surface area contributed by atoms with Gasteiger partial charge in [-0.3, -0.25) is 29.0 Å². The van der Waals surface area contributed by atoms with E-state index in [0.717, 1.165) is 16.2 Å². The highest BCUT2D eigenvalue weighted by Gasteiger charge is 2.23. The fourth-order valence-electron chi connectivity index (χ4n) is 6.09. The molecule has 0 bridgehead atoms. The van der Waals surface area contributed by atoms with Crippen molar-refractivity contribution in [2.75, 3.05) is 39.8 Å². The Morgan fingerprint density at radius 3 is 2.42 bits per heavy atom. The van der Waals surface area contributed by atoms with E-state index in [4.69, 9.17) is 9.84 Å². The average Bonchev–Trinajstić information content (AvgIpc) is 3.60. The third kappa shape index (κ3) is 14.4. The number of unbranched alkanes of at least 4 members (excludes halogenated alkanes) is 2. The number of carbonyl (C=O) groups is 6. The number of fused-ring (bicyclic) bond motifs is 1. The molecule has 2 aromatic carbocycles. The molecule has 4 rings (SSSR count). The third-order valence-electron chi connectivity index (χ3n) is 9.08. The van der Waals surface area contributed by atoms with Crippen molar-refractivity contribution < 1.29 is 33.5 Å². The van der Waals surface area contributed by atoms with Crippen LogP contribution in [0.5, 0.6) is 0 Å². The zero-order valence-corrected chi connectivity index (χ0v) is 34.9. The third-order valence-corrected chi connectivity index (χ3v) is 10.1. The minimum absolute atomic E-state index is 0.0153. The number of rotatable bonds is 22. The second-order valence-corrected chi connectivity index (χ2v) is 14.7. The molecule has 4 aromatic rings. The minimum Gasteiger partial charge on any atom is -0.464 e. The SMILES string of the molecule is CCC[C@H](NC(=O)CCCCCNC(=O)CCN(CCOC(C)=O)C(=O)n1nc(/C=C/c2ccccn2)c2ccc(Sc3ccccc3C(=O)NC)cc21)C(=O)NCC. The number of aromatic nitrogens is 3. The Kier molecular flexibility index (Phi) is 18.6. The number of hydrogen-bond acceptors (Lipinski definition) is 10. The molecule has 0 saturated carbocycles. The summed E-state index contributed by atoms with van der Waals surface area (Å²) in [7, 11) is 1.57. The highest BCUT2D eigenvalue weighted by molar-refractivity contribution is 7.99. The molecule has 0 radical (unpaired) electrons. The molecule has 314 valence electrons. The van der Waals surface area contributed by atoms with Crippen LogP contribution in [-0.2, 0) is 23.9 Å². The number of benzene rings is 2. The monoisotopic (exact) mass is 826 g/mol. The van der Waals surface area contributed by atoms with E-state index in [9.17, 15) is 28.8 Å². The molecule has 4 N–H and O–H groups in total. The lowest BCUT2D eigenvalue weighted by Crippen LogP contribution is -2.46. The quantitative estimate of drug-likeness (QED) is 0.0586. The number of ether oxygens (including phenoxy) is 1. The Labute approximate surface area is 349 Å². The first-order chi connectivity index (χ1) is 28.5. The molecule has 2 aromatic heterocycles. The second kappa shape index (κ2) is 24.0. The van der Waals surface area contributed by atoms with Gasteiger partial charge >= 0.3 is 12.0 Å². The predicted molar refractivity (Wildman–Crippen MR) is 227 cm³/mol. The summed E-state index contributed by atoms with van der Waals surface area (Å²) >= 11 is 1.37. The van der Waals surface area contributed by atoms with Gasteiger partial charge in [-0.1, -0.05) is 49.7 Å². The van der Waals surface area contributed by atoms with Crippen molar-refractivity contribution in [3.05, 3.63) is 83.8 Å². The van der Waals surface area contributed by atoms with E-state index in [2.05, 4.69) is 26.3 Å². The lowest BCUT2D eigenvalue weighted by atomic mass is 10.1. The molecule has 0 aliphatic rings. The molecular formula is C43H54N8O7S. The van der Waals surface area contributed by atoms with Crippen LogP contribution in [0.25, 0.3) is 23.1 Å². The Morgan fingerprint density at radius 2 is 1.69 bits per heavy atom. The van der Waals surface area contributed by atoms with Crippen LogP contribution in [0.2, 0.25) is 0 Å².